The molecule has 0 aromatic carbocycles. The number of rotatable bonds is 2. The number of carbonyl (C=O) groups is 1. The Balaban J connectivity index is 1.64. The molecule has 6 nitrogen and oxygen atoms in total. The maximum absolute atomic E-state index is 13.7. The smallest absolute Gasteiger partial charge is 0.410 e. The van der Waals surface area contributed by atoms with Gasteiger partial charge in [0.05, 0.1) is 12.3 Å². The zero-order valence-corrected chi connectivity index (χ0v) is 15.7. The zero-order chi connectivity index (χ0) is 20.1. The van der Waals surface area contributed by atoms with Crippen LogP contribution in [0.4, 0.5) is 19.0 Å². The van der Waals surface area contributed by atoms with Gasteiger partial charge in [-0.25, -0.2) is 4.68 Å². The Morgan fingerprint density at radius 1 is 1.32 bits per heavy atom. The lowest BCUT2D eigenvalue weighted by atomic mass is 9.93. The molecule has 28 heavy (non-hydrogen) atoms. The van der Waals surface area contributed by atoms with Crippen molar-refractivity contribution in [2.75, 3.05) is 11.9 Å². The summed E-state index contributed by atoms with van der Waals surface area (Å²) in [7, 11) is 0. The maximum atomic E-state index is 13.7. The number of furan rings is 1. The van der Waals surface area contributed by atoms with Gasteiger partial charge >= 0.3 is 6.18 Å². The van der Waals surface area contributed by atoms with E-state index >= 15 is 0 Å². The van der Waals surface area contributed by atoms with Crippen LogP contribution in [-0.2, 0) is 0 Å². The maximum Gasteiger partial charge on any atom is 0.410 e. The molecule has 1 saturated heterocycles. The average molecular weight is 396 g/mol. The first-order chi connectivity index (χ1) is 13.2. The van der Waals surface area contributed by atoms with Crippen LogP contribution >= 0.6 is 0 Å². The minimum Gasteiger partial charge on any atom is -0.467 e. The van der Waals surface area contributed by atoms with E-state index in [0.717, 1.165) is 17.5 Å². The van der Waals surface area contributed by atoms with Gasteiger partial charge in [-0.2, -0.15) is 18.3 Å². The highest BCUT2D eigenvalue weighted by Crippen LogP contribution is 2.43. The Labute approximate surface area is 160 Å². The van der Waals surface area contributed by atoms with Crippen LogP contribution in [0.3, 0.4) is 0 Å². The Bertz CT molecular complexity index is 846. The van der Waals surface area contributed by atoms with Crippen LogP contribution in [0.1, 0.15) is 61.4 Å². The molecule has 152 valence electrons. The molecule has 0 radical (unpaired) electrons. The van der Waals surface area contributed by atoms with Crippen molar-refractivity contribution in [3.63, 3.8) is 0 Å². The summed E-state index contributed by atoms with van der Waals surface area (Å²) >= 11 is 0. The van der Waals surface area contributed by atoms with Gasteiger partial charge in [-0.05, 0) is 37.8 Å². The van der Waals surface area contributed by atoms with E-state index in [0.29, 0.717) is 18.2 Å². The van der Waals surface area contributed by atoms with Gasteiger partial charge in [-0.1, -0.05) is 6.92 Å². The van der Waals surface area contributed by atoms with E-state index in [1.54, 1.807) is 17.0 Å². The van der Waals surface area contributed by atoms with Crippen molar-refractivity contribution in [2.45, 2.75) is 57.4 Å². The number of likely N-dealkylation sites (tertiary alicyclic amines) is 1. The number of amides is 1. The molecule has 0 aliphatic carbocycles. The van der Waals surface area contributed by atoms with E-state index in [1.807, 2.05) is 6.92 Å². The molecule has 1 amide bonds. The fourth-order valence-electron chi connectivity index (χ4n) is 4.21. The number of aromatic nitrogens is 2. The molecular formula is C19H23F3N4O2. The minimum absolute atomic E-state index is 0.0391. The SMILES string of the molecule is CC1CCN(C(=O)c2cc3n(n2)C(C(F)(F)F)CC(c2ccco2)N3)C(C)C1. The largest absolute Gasteiger partial charge is 0.467 e. The molecule has 2 aromatic heterocycles. The second-order valence-corrected chi connectivity index (χ2v) is 7.84. The molecule has 2 aliphatic heterocycles. The zero-order valence-electron chi connectivity index (χ0n) is 15.7. The summed E-state index contributed by atoms with van der Waals surface area (Å²) in [4.78, 5) is 14.6. The van der Waals surface area contributed by atoms with Crippen LogP contribution in [0, 0.1) is 5.92 Å². The van der Waals surface area contributed by atoms with Gasteiger partial charge in [0, 0.05) is 25.1 Å². The number of alkyl halides is 3. The van der Waals surface area contributed by atoms with Crippen LogP contribution in [0.5, 0.6) is 0 Å². The lowest BCUT2D eigenvalue weighted by Gasteiger charge is -2.36. The van der Waals surface area contributed by atoms with Gasteiger partial charge in [-0.3, -0.25) is 4.79 Å². The van der Waals surface area contributed by atoms with Crippen molar-refractivity contribution in [3.8, 4) is 0 Å². The van der Waals surface area contributed by atoms with Crippen molar-refractivity contribution in [3.05, 3.63) is 35.9 Å². The summed E-state index contributed by atoms with van der Waals surface area (Å²) < 4.78 is 47.3. The number of hydrogen-bond acceptors (Lipinski definition) is 4. The molecule has 1 fully saturated rings. The summed E-state index contributed by atoms with van der Waals surface area (Å²) in [5.74, 6) is 0.808. The molecule has 0 bridgehead atoms. The van der Waals surface area contributed by atoms with Crippen molar-refractivity contribution in [1.82, 2.24) is 14.7 Å². The summed E-state index contributed by atoms with van der Waals surface area (Å²) in [5, 5.41) is 7.09. The van der Waals surface area contributed by atoms with Crippen LogP contribution in [0.25, 0.3) is 0 Å². The van der Waals surface area contributed by atoms with Gasteiger partial charge in [0.25, 0.3) is 5.91 Å². The van der Waals surface area contributed by atoms with E-state index < -0.39 is 18.3 Å². The van der Waals surface area contributed by atoms with Crippen LogP contribution in [0.2, 0.25) is 0 Å². The molecular weight excluding hydrogens is 373 g/mol. The standard InChI is InChI=1S/C19H23F3N4O2/c1-11-5-6-25(12(2)8-11)18(27)14-10-17-23-13(15-4-3-7-28-15)9-16(19(20,21)22)26(17)24-14/h3-4,7,10-13,16,23H,5-6,8-9H2,1-2H3. The second-order valence-electron chi connectivity index (χ2n) is 7.84. The molecule has 2 aliphatic rings. The normalized spacial score (nSPS) is 28.0. The van der Waals surface area contributed by atoms with Crippen molar-refractivity contribution in [1.29, 1.82) is 0 Å². The number of nitrogens with zero attached hydrogens (tertiary/aromatic N) is 3. The van der Waals surface area contributed by atoms with Gasteiger partial charge in [0.15, 0.2) is 11.7 Å². The van der Waals surface area contributed by atoms with E-state index in [1.165, 1.54) is 12.3 Å². The predicted octanol–water partition coefficient (Wildman–Crippen LogP) is 4.40. The Morgan fingerprint density at radius 2 is 2.11 bits per heavy atom. The number of anilines is 1. The molecule has 4 heterocycles. The molecule has 2 aromatic rings. The third-order valence-corrected chi connectivity index (χ3v) is 5.69. The highest BCUT2D eigenvalue weighted by atomic mass is 19.4. The fourth-order valence-corrected chi connectivity index (χ4v) is 4.21. The number of fused-ring (bicyclic) bond motifs is 1. The first-order valence-electron chi connectivity index (χ1n) is 9.51. The summed E-state index contributed by atoms with van der Waals surface area (Å²) in [6, 6.07) is 2.28. The molecule has 1 N–H and O–H groups in total. The van der Waals surface area contributed by atoms with E-state index in [4.69, 9.17) is 4.42 Å². The number of piperidine rings is 1. The highest BCUT2D eigenvalue weighted by Gasteiger charge is 2.47. The quantitative estimate of drug-likeness (QED) is 0.818. The van der Waals surface area contributed by atoms with Crippen molar-refractivity contribution >= 4 is 11.7 Å². The molecule has 0 spiro atoms. The minimum atomic E-state index is -4.48. The van der Waals surface area contributed by atoms with Crippen molar-refractivity contribution < 1.29 is 22.4 Å². The molecule has 0 saturated carbocycles. The fraction of sp³-hybridized carbons (Fsp3) is 0.579. The molecule has 4 atom stereocenters. The van der Waals surface area contributed by atoms with Gasteiger partial charge in [0.2, 0.25) is 0 Å². The predicted molar refractivity (Wildman–Crippen MR) is 95.9 cm³/mol. The van der Waals surface area contributed by atoms with E-state index in [-0.39, 0.29) is 29.9 Å². The molecule has 4 unspecified atom stereocenters. The van der Waals surface area contributed by atoms with Crippen LogP contribution in [0.15, 0.2) is 28.9 Å². The topological polar surface area (TPSA) is 63.3 Å². The van der Waals surface area contributed by atoms with Crippen LogP contribution < -0.4 is 5.32 Å². The Hall–Kier alpha value is -2.45. The number of halogens is 3. The van der Waals surface area contributed by atoms with Gasteiger partial charge < -0.3 is 14.6 Å². The molecule has 9 heteroatoms. The average Bonchev–Trinajstić information content (AvgIpc) is 3.29. The first-order valence-corrected chi connectivity index (χ1v) is 9.51. The number of hydrogen-bond donors (Lipinski definition) is 1. The van der Waals surface area contributed by atoms with Crippen LogP contribution in [-0.4, -0.2) is 39.4 Å². The van der Waals surface area contributed by atoms with E-state index in [9.17, 15) is 18.0 Å². The Kier molecular flexibility index (Phi) is 4.63. The first kappa shape index (κ1) is 18.9. The summed E-state index contributed by atoms with van der Waals surface area (Å²) in [6.07, 6.45) is -1.55. The monoisotopic (exact) mass is 396 g/mol. The lowest BCUT2D eigenvalue weighted by molar-refractivity contribution is -0.174. The van der Waals surface area contributed by atoms with Gasteiger partial charge in [-0.15, -0.1) is 0 Å². The van der Waals surface area contributed by atoms with Crippen molar-refractivity contribution in [2.24, 2.45) is 5.92 Å². The summed E-state index contributed by atoms with van der Waals surface area (Å²) in [6.45, 7) is 4.70. The lowest BCUT2D eigenvalue weighted by Crippen LogP contribution is -2.44. The summed E-state index contributed by atoms with van der Waals surface area (Å²) in [5.41, 5.74) is 0.0400. The Morgan fingerprint density at radius 3 is 2.75 bits per heavy atom. The third-order valence-electron chi connectivity index (χ3n) is 5.69. The molecule has 4 rings (SSSR count). The second kappa shape index (κ2) is 6.86. The highest BCUT2D eigenvalue weighted by molar-refractivity contribution is 5.93. The number of nitrogens with one attached hydrogen (secondary N) is 1. The van der Waals surface area contributed by atoms with Gasteiger partial charge in [0.1, 0.15) is 11.6 Å². The van der Waals surface area contributed by atoms with E-state index in [2.05, 4.69) is 17.3 Å². The third kappa shape index (κ3) is 3.38. The number of carbonyl (C=O) groups excluding carboxylic acids is 1.